The Bertz CT molecular complexity index is 983. The van der Waals surface area contributed by atoms with E-state index in [1.54, 1.807) is 0 Å². The molecule has 1 aromatic rings. The first-order chi connectivity index (χ1) is 14.3. The Morgan fingerprint density at radius 1 is 1.37 bits per heavy atom. The molecule has 0 aliphatic carbocycles. The summed E-state index contributed by atoms with van der Waals surface area (Å²) in [6.07, 6.45) is 6.79. The van der Waals surface area contributed by atoms with Crippen molar-refractivity contribution in [2.75, 3.05) is 20.8 Å². The molecule has 0 saturated carbocycles. The first kappa shape index (κ1) is 24.1. The zero-order valence-electron chi connectivity index (χ0n) is 16.8. The molecule has 1 fully saturated rings. The van der Waals surface area contributed by atoms with Gasteiger partial charge in [0.1, 0.15) is 17.9 Å². The fourth-order valence-corrected chi connectivity index (χ4v) is 3.53. The Kier molecular flexibility index (Phi) is 9.07. The van der Waals surface area contributed by atoms with Crippen LogP contribution < -0.4 is 16.1 Å². The molecule has 0 bridgehead atoms. The van der Waals surface area contributed by atoms with Crippen molar-refractivity contribution in [3.05, 3.63) is 32.6 Å². The molecular formula is C19H24N2O8P-. The van der Waals surface area contributed by atoms with Gasteiger partial charge in [0.2, 0.25) is 0 Å². The van der Waals surface area contributed by atoms with E-state index in [0.29, 0.717) is 12.8 Å². The number of rotatable bonds is 9. The maximum absolute atomic E-state index is 12.3. The highest BCUT2D eigenvalue weighted by atomic mass is 31.2. The molecule has 2 rings (SSSR count). The van der Waals surface area contributed by atoms with Crippen molar-refractivity contribution in [1.29, 1.82) is 0 Å². The van der Waals surface area contributed by atoms with E-state index in [0.717, 1.165) is 24.5 Å². The lowest BCUT2D eigenvalue weighted by Crippen LogP contribution is -2.33. The summed E-state index contributed by atoms with van der Waals surface area (Å²) >= 11 is 0. The molecule has 0 amide bonds. The second-order valence-corrected chi connectivity index (χ2v) is 7.99. The van der Waals surface area contributed by atoms with Gasteiger partial charge in [-0.05, 0) is 12.8 Å². The van der Waals surface area contributed by atoms with Crippen LogP contribution in [0.15, 0.2) is 15.8 Å². The van der Waals surface area contributed by atoms with E-state index in [4.69, 9.17) is 20.4 Å². The summed E-state index contributed by atoms with van der Waals surface area (Å²) in [6, 6.07) is 0. The summed E-state index contributed by atoms with van der Waals surface area (Å²) in [5.74, 6) is 8.17. The molecule has 1 aliphatic rings. The molecule has 1 aliphatic heterocycles. The van der Waals surface area contributed by atoms with Gasteiger partial charge in [-0.15, -0.1) is 12.3 Å². The Hall–Kier alpha value is -2.17. The third-order valence-corrected chi connectivity index (χ3v) is 5.35. The molecule has 164 valence electrons. The van der Waals surface area contributed by atoms with Crippen molar-refractivity contribution in [1.82, 2.24) is 9.55 Å². The predicted molar refractivity (Wildman–Crippen MR) is 105 cm³/mol. The van der Waals surface area contributed by atoms with E-state index in [1.165, 1.54) is 13.3 Å². The number of terminal acetylenes is 1. The molecule has 4 atom stereocenters. The Balaban J connectivity index is 2.21. The lowest BCUT2D eigenvalue weighted by atomic mass is 10.2. The molecule has 30 heavy (non-hydrogen) atoms. The highest BCUT2D eigenvalue weighted by molar-refractivity contribution is 7.45. The maximum Gasteiger partial charge on any atom is 0.330 e. The number of H-pyrrole nitrogens is 1. The number of nitrogens with zero attached hydrogens (tertiary/aromatic N) is 1. The van der Waals surface area contributed by atoms with Crippen molar-refractivity contribution in [3.63, 3.8) is 0 Å². The molecule has 0 aromatic carbocycles. The van der Waals surface area contributed by atoms with E-state index in [-0.39, 0.29) is 18.6 Å². The number of phosphoric acid groups is 1. The van der Waals surface area contributed by atoms with E-state index in [2.05, 4.69) is 27.3 Å². The van der Waals surface area contributed by atoms with Crippen LogP contribution in [0.25, 0.3) is 0 Å². The quantitative estimate of drug-likeness (QED) is 0.335. The van der Waals surface area contributed by atoms with E-state index in [9.17, 15) is 19.0 Å². The van der Waals surface area contributed by atoms with Crippen LogP contribution >= 0.6 is 7.82 Å². The second kappa shape index (κ2) is 11.3. The number of ether oxygens (including phenoxy) is 2. The smallest absolute Gasteiger partial charge is 0.330 e. The molecule has 0 spiro atoms. The highest BCUT2D eigenvalue weighted by Crippen LogP contribution is 2.43. The SMILES string of the molecule is C#CCCCCC#Cc1cn([C@H]2CC(OP(=O)([O-])OC)[C@@H](COC)O2)c(=O)[nH]c1=O. The molecule has 10 nitrogen and oxygen atoms in total. The highest BCUT2D eigenvalue weighted by Gasteiger charge is 2.39. The number of unbranched alkanes of at least 4 members (excludes halogenated alkanes) is 3. The van der Waals surface area contributed by atoms with Crippen LogP contribution in [0.2, 0.25) is 0 Å². The van der Waals surface area contributed by atoms with Gasteiger partial charge in [0.15, 0.2) is 0 Å². The van der Waals surface area contributed by atoms with Crippen LogP contribution in [0.1, 0.15) is 43.9 Å². The number of hydrogen-bond acceptors (Lipinski definition) is 8. The topological polar surface area (TPSA) is 132 Å². The minimum atomic E-state index is -4.52. The van der Waals surface area contributed by atoms with Crippen LogP contribution in [0.5, 0.6) is 0 Å². The normalized spacial score (nSPS) is 22.7. The van der Waals surface area contributed by atoms with Crippen LogP contribution in [0, 0.1) is 24.2 Å². The zero-order valence-corrected chi connectivity index (χ0v) is 17.7. The third kappa shape index (κ3) is 6.68. The first-order valence-electron chi connectivity index (χ1n) is 9.28. The largest absolute Gasteiger partial charge is 0.756 e. The Morgan fingerprint density at radius 2 is 2.10 bits per heavy atom. The molecule has 0 radical (unpaired) electrons. The number of hydrogen-bond donors (Lipinski definition) is 1. The number of aromatic nitrogens is 2. The molecule has 11 heteroatoms. The van der Waals surface area contributed by atoms with Crippen molar-refractivity contribution in [2.24, 2.45) is 0 Å². The summed E-state index contributed by atoms with van der Waals surface area (Å²) in [5.41, 5.74) is -1.23. The maximum atomic E-state index is 12.3. The molecular weight excluding hydrogens is 415 g/mol. The van der Waals surface area contributed by atoms with Gasteiger partial charge in [0, 0.05) is 39.7 Å². The van der Waals surface area contributed by atoms with E-state index in [1.807, 2.05) is 0 Å². The zero-order chi connectivity index (χ0) is 22.1. The standard InChI is InChI=1S/C19H25N2O8P/c1-4-5-6-7-8-9-10-14-12-21(19(23)20-18(14)22)17-11-15(16(28-17)13-26-2)29-30(24,25)27-3/h1,12,15-17H,5-8,11,13H2,2-3H3,(H,24,25)(H,20,22,23)/p-1/t15?,16-,17-/m1/s1. The van der Waals surface area contributed by atoms with Gasteiger partial charge in [-0.25, -0.2) is 4.79 Å². The fourth-order valence-electron chi connectivity index (χ4n) is 2.89. The third-order valence-electron chi connectivity index (χ3n) is 4.37. The number of methoxy groups -OCH3 is 1. The minimum absolute atomic E-state index is 0.0223. The van der Waals surface area contributed by atoms with Gasteiger partial charge >= 0.3 is 5.69 Å². The summed E-state index contributed by atoms with van der Waals surface area (Å²) in [5, 5.41) is 0. The molecule has 1 N–H and O–H groups in total. The average molecular weight is 439 g/mol. The summed E-state index contributed by atoms with van der Waals surface area (Å²) < 4.78 is 33.0. The van der Waals surface area contributed by atoms with Crippen LogP contribution in [0.4, 0.5) is 0 Å². The van der Waals surface area contributed by atoms with Crippen molar-refractivity contribution >= 4 is 7.82 Å². The minimum Gasteiger partial charge on any atom is -0.756 e. The summed E-state index contributed by atoms with van der Waals surface area (Å²) in [6.45, 7) is 0.0350. The van der Waals surface area contributed by atoms with E-state index < -0.39 is 37.5 Å². The number of aromatic amines is 1. The van der Waals surface area contributed by atoms with Crippen molar-refractivity contribution in [2.45, 2.75) is 50.5 Å². The van der Waals surface area contributed by atoms with Crippen LogP contribution in [0.3, 0.4) is 0 Å². The number of phosphoric ester groups is 1. The Morgan fingerprint density at radius 3 is 2.77 bits per heavy atom. The predicted octanol–water partition coefficient (Wildman–Crippen LogP) is 0.516. The van der Waals surface area contributed by atoms with Gasteiger partial charge in [0.05, 0.1) is 12.7 Å². The van der Waals surface area contributed by atoms with Gasteiger partial charge in [0.25, 0.3) is 13.4 Å². The molecule has 2 unspecified atom stereocenters. The molecule has 1 aromatic heterocycles. The van der Waals surface area contributed by atoms with Gasteiger partial charge < -0.3 is 23.4 Å². The molecule has 1 saturated heterocycles. The van der Waals surface area contributed by atoms with Gasteiger partial charge in [-0.1, -0.05) is 11.8 Å². The number of nitrogens with one attached hydrogen (secondary N) is 1. The lowest BCUT2D eigenvalue weighted by Gasteiger charge is -2.26. The van der Waals surface area contributed by atoms with Gasteiger partial charge in [-0.2, -0.15) is 0 Å². The fraction of sp³-hybridized carbons (Fsp3) is 0.579. The summed E-state index contributed by atoms with van der Waals surface area (Å²) in [4.78, 5) is 38.2. The second-order valence-electron chi connectivity index (χ2n) is 6.52. The monoisotopic (exact) mass is 439 g/mol. The van der Waals surface area contributed by atoms with Crippen LogP contribution in [-0.2, 0) is 23.1 Å². The lowest BCUT2D eigenvalue weighted by molar-refractivity contribution is -0.229. The molecule has 2 heterocycles. The van der Waals surface area contributed by atoms with Gasteiger partial charge in [-0.3, -0.25) is 18.9 Å². The van der Waals surface area contributed by atoms with Crippen molar-refractivity contribution in [3.8, 4) is 24.2 Å². The van der Waals surface area contributed by atoms with Crippen LogP contribution in [-0.4, -0.2) is 42.6 Å². The van der Waals surface area contributed by atoms with E-state index >= 15 is 0 Å². The first-order valence-corrected chi connectivity index (χ1v) is 10.7. The Labute approximate surface area is 174 Å². The summed E-state index contributed by atoms with van der Waals surface area (Å²) in [7, 11) is -2.12. The average Bonchev–Trinajstić information content (AvgIpc) is 3.07. The van der Waals surface area contributed by atoms with Crippen molar-refractivity contribution < 1.29 is 28.0 Å².